The zero-order valence-corrected chi connectivity index (χ0v) is 10.3. The third-order valence-corrected chi connectivity index (χ3v) is 3.04. The molecule has 0 aromatic heterocycles. The van der Waals surface area contributed by atoms with Crippen LogP contribution in [-0.2, 0) is 11.2 Å². The van der Waals surface area contributed by atoms with Crippen LogP contribution in [0.5, 0.6) is 0 Å². The minimum absolute atomic E-state index is 0.0410. The van der Waals surface area contributed by atoms with Crippen LogP contribution >= 0.6 is 11.6 Å². The van der Waals surface area contributed by atoms with E-state index in [9.17, 15) is 9.18 Å². The molecule has 1 saturated carbocycles. The number of hydrogen-bond donors (Lipinski definition) is 1. The van der Waals surface area contributed by atoms with Gasteiger partial charge in [-0.2, -0.15) is 0 Å². The summed E-state index contributed by atoms with van der Waals surface area (Å²) in [6.07, 6.45) is 2.98. The van der Waals surface area contributed by atoms with Crippen molar-refractivity contribution in [3.8, 4) is 0 Å². The summed E-state index contributed by atoms with van der Waals surface area (Å²) < 4.78 is 13.4. The molecule has 1 fully saturated rings. The fourth-order valence-electron chi connectivity index (χ4n) is 1.68. The van der Waals surface area contributed by atoms with Crippen molar-refractivity contribution in [2.75, 3.05) is 6.54 Å². The van der Waals surface area contributed by atoms with E-state index in [0.717, 1.165) is 0 Å². The second-order valence-corrected chi connectivity index (χ2v) is 4.87. The van der Waals surface area contributed by atoms with Gasteiger partial charge in [0.2, 0.25) is 0 Å². The molecule has 1 aromatic carbocycles. The fourth-order valence-corrected chi connectivity index (χ4v) is 1.88. The van der Waals surface area contributed by atoms with E-state index in [1.807, 2.05) is 0 Å². The van der Waals surface area contributed by atoms with Crippen molar-refractivity contribution in [1.82, 2.24) is 5.32 Å². The normalized spacial score (nSPS) is 14.9. The van der Waals surface area contributed by atoms with Gasteiger partial charge in [0.25, 0.3) is 0 Å². The first-order chi connectivity index (χ1) is 8.15. The lowest BCUT2D eigenvalue weighted by atomic mass is 10.1. The van der Waals surface area contributed by atoms with E-state index in [2.05, 4.69) is 5.32 Å². The molecule has 0 aliphatic heterocycles. The standard InChI is InChI=1S/C13H15ClFNO/c14-10-1-4-13(15)9(7-10)8-12(17)5-6-16-11-2-3-11/h1,4,7,11,16H,2-3,5-6,8H2. The Balaban J connectivity index is 1.81. The van der Waals surface area contributed by atoms with Gasteiger partial charge >= 0.3 is 0 Å². The molecule has 4 heteroatoms. The topological polar surface area (TPSA) is 29.1 Å². The van der Waals surface area contributed by atoms with Crippen LogP contribution in [0.3, 0.4) is 0 Å². The Labute approximate surface area is 105 Å². The minimum Gasteiger partial charge on any atom is -0.314 e. The number of ketones is 1. The summed E-state index contributed by atoms with van der Waals surface area (Å²) in [4.78, 5) is 11.6. The Hall–Kier alpha value is -0.930. The molecule has 1 N–H and O–H groups in total. The predicted octanol–water partition coefficient (Wildman–Crippen LogP) is 2.73. The first-order valence-corrected chi connectivity index (χ1v) is 6.22. The summed E-state index contributed by atoms with van der Waals surface area (Å²) in [5.74, 6) is -0.322. The van der Waals surface area contributed by atoms with Crippen molar-refractivity contribution in [1.29, 1.82) is 0 Å². The molecule has 0 heterocycles. The van der Waals surface area contributed by atoms with Crippen molar-refractivity contribution >= 4 is 17.4 Å². The molecule has 2 rings (SSSR count). The third kappa shape index (κ3) is 4.10. The molecule has 0 bridgehead atoms. The lowest BCUT2D eigenvalue weighted by Crippen LogP contribution is -2.21. The molecular formula is C13H15ClFNO. The van der Waals surface area contributed by atoms with Crippen LogP contribution in [0.25, 0.3) is 0 Å². The maximum Gasteiger partial charge on any atom is 0.138 e. The SMILES string of the molecule is O=C(CCNC1CC1)Cc1cc(Cl)ccc1F. The van der Waals surface area contributed by atoms with Crippen molar-refractivity contribution in [3.63, 3.8) is 0 Å². The van der Waals surface area contributed by atoms with Crippen LogP contribution in [0.4, 0.5) is 4.39 Å². The van der Waals surface area contributed by atoms with E-state index in [-0.39, 0.29) is 18.0 Å². The Morgan fingerprint density at radius 1 is 1.47 bits per heavy atom. The monoisotopic (exact) mass is 255 g/mol. The predicted molar refractivity (Wildman–Crippen MR) is 65.8 cm³/mol. The van der Waals surface area contributed by atoms with Gasteiger partial charge in [0.15, 0.2) is 0 Å². The van der Waals surface area contributed by atoms with Gasteiger partial charge in [-0.25, -0.2) is 4.39 Å². The highest BCUT2D eigenvalue weighted by atomic mass is 35.5. The number of carbonyl (C=O) groups excluding carboxylic acids is 1. The molecule has 0 amide bonds. The number of benzene rings is 1. The number of nitrogens with one attached hydrogen (secondary N) is 1. The lowest BCUT2D eigenvalue weighted by molar-refractivity contribution is -0.118. The van der Waals surface area contributed by atoms with Crippen molar-refractivity contribution in [2.24, 2.45) is 0 Å². The number of halogens is 2. The van der Waals surface area contributed by atoms with E-state index >= 15 is 0 Å². The zero-order valence-electron chi connectivity index (χ0n) is 9.51. The van der Waals surface area contributed by atoms with Crippen molar-refractivity contribution in [2.45, 2.75) is 31.7 Å². The molecule has 0 saturated heterocycles. The van der Waals surface area contributed by atoms with Crippen LogP contribution in [0.15, 0.2) is 18.2 Å². The highest BCUT2D eigenvalue weighted by Crippen LogP contribution is 2.18. The van der Waals surface area contributed by atoms with Gasteiger partial charge in [0.05, 0.1) is 0 Å². The van der Waals surface area contributed by atoms with Crippen LogP contribution in [0.1, 0.15) is 24.8 Å². The van der Waals surface area contributed by atoms with E-state index in [1.165, 1.54) is 31.0 Å². The second kappa shape index (κ2) is 5.61. The van der Waals surface area contributed by atoms with Gasteiger partial charge in [-0.15, -0.1) is 0 Å². The molecule has 17 heavy (non-hydrogen) atoms. The van der Waals surface area contributed by atoms with Gasteiger partial charge in [-0.1, -0.05) is 11.6 Å². The Kier molecular flexibility index (Phi) is 4.13. The number of rotatable bonds is 6. The summed E-state index contributed by atoms with van der Waals surface area (Å²) in [7, 11) is 0. The Morgan fingerprint density at radius 2 is 2.24 bits per heavy atom. The van der Waals surface area contributed by atoms with Crippen molar-refractivity contribution < 1.29 is 9.18 Å². The first-order valence-electron chi connectivity index (χ1n) is 5.84. The number of Topliss-reactive ketones (excluding diaryl/α,β-unsaturated/α-hetero) is 1. The van der Waals surface area contributed by atoms with Crippen molar-refractivity contribution in [3.05, 3.63) is 34.6 Å². The molecule has 2 nitrogen and oxygen atoms in total. The van der Waals surface area contributed by atoms with Gasteiger partial charge in [0, 0.05) is 30.5 Å². The van der Waals surface area contributed by atoms with Gasteiger partial charge in [0.1, 0.15) is 11.6 Å². The molecule has 1 aliphatic rings. The minimum atomic E-state index is -0.363. The smallest absolute Gasteiger partial charge is 0.138 e. The Morgan fingerprint density at radius 3 is 2.94 bits per heavy atom. The molecule has 92 valence electrons. The zero-order chi connectivity index (χ0) is 12.3. The van der Waals surface area contributed by atoms with Gasteiger partial charge in [-0.3, -0.25) is 4.79 Å². The van der Waals surface area contributed by atoms with E-state index < -0.39 is 0 Å². The van der Waals surface area contributed by atoms with Crippen LogP contribution < -0.4 is 5.32 Å². The number of carbonyl (C=O) groups is 1. The van der Waals surface area contributed by atoms with E-state index in [4.69, 9.17) is 11.6 Å². The summed E-state index contributed by atoms with van der Waals surface area (Å²) >= 11 is 5.76. The fraction of sp³-hybridized carbons (Fsp3) is 0.462. The summed E-state index contributed by atoms with van der Waals surface area (Å²) in [6.45, 7) is 0.686. The maximum atomic E-state index is 13.4. The molecule has 0 spiro atoms. The molecule has 0 unspecified atom stereocenters. The third-order valence-electron chi connectivity index (χ3n) is 2.81. The van der Waals surface area contributed by atoms with Crippen LogP contribution in [0.2, 0.25) is 5.02 Å². The maximum absolute atomic E-state index is 13.4. The average molecular weight is 256 g/mol. The quantitative estimate of drug-likeness (QED) is 0.847. The summed E-state index contributed by atoms with van der Waals surface area (Å²) in [5, 5.41) is 3.72. The molecular weight excluding hydrogens is 241 g/mol. The lowest BCUT2D eigenvalue weighted by Gasteiger charge is -2.04. The highest BCUT2D eigenvalue weighted by Gasteiger charge is 2.20. The van der Waals surface area contributed by atoms with E-state index in [1.54, 1.807) is 0 Å². The van der Waals surface area contributed by atoms with Gasteiger partial charge in [-0.05, 0) is 36.6 Å². The van der Waals surface area contributed by atoms with Crippen LogP contribution in [-0.4, -0.2) is 18.4 Å². The summed E-state index contributed by atoms with van der Waals surface area (Å²) in [6, 6.07) is 4.90. The first kappa shape index (κ1) is 12.5. The largest absolute Gasteiger partial charge is 0.314 e. The van der Waals surface area contributed by atoms with E-state index in [0.29, 0.717) is 29.6 Å². The molecule has 1 aliphatic carbocycles. The molecule has 1 aromatic rings. The van der Waals surface area contributed by atoms with Crippen LogP contribution in [0, 0.1) is 5.82 Å². The average Bonchev–Trinajstić information content (AvgIpc) is 3.07. The number of hydrogen-bond acceptors (Lipinski definition) is 2. The second-order valence-electron chi connectivity index (χ2n) is 4.43. The van der Waals surface area contributed by atoms with Gasteiger partial charge < -0.3 is 5.32 Å². The molecule has 0 atom stereocenters. The molecule has 0 radical (unpaired) electrons. The Bertz CT molecular complexity index is 418. The highest BCUT2D eigenvalue weighted by molar-refractivity contribution is 6.30. The summed E-state index contributed by atoms with van der Waals surface area (Å²) in [5.41, 5.74) is 0.383.